The molecule has 0 spiro atoms. The lowest BCUT2D eigenvalue weighted by atomic mass is 9.93. The number of hydrogen-bond acceptors (Lipinski definition) is 5. The molecule has 8 heteroatoms. The highest BCUT2D eigenvalue weighted by molar-refractivity contribution is 6.27. The van der Waals surface area contributed by atoms with E-state index in [1.165, 1.54) is 6.07 Å². The standard InChI is InChI=1S/C21H24FN3O4/c1-11-16(24-7-4-12(9-24)21(23)5-6-21)3-2-13-18(11)25(29,17-8-15(17)22)10-14(19(13)26)20(27)28/h2-3,10,12,15,17H,4-9,23H2,1H3,(H,27,28)/t12-,15-,17-,25?/m1/s1. The van der Waals surface area contributed by atoms with Crippen molar-refractivity contribution in [1.82, 2.24) is 4.65 Å². The Balaban J connectivity index is 1.58. The van der Waals surface area contributed by atoms with Gasteiger partial charge in [0.05, 0.1) is 5.56 Å². The van der Waals surface area contributed by atoms with Crippen molar-refractivity contribution in [3.05, 3.63) is 40.2 Å². The number of halogens is 1. The molecule has 7 nitrogen and oxygen atoms in total. The first-order valence-corrected chi connectivity index (χ1v) is 10.1. The van der Waals surface area contributed by atoms with Crippen molar-refractivity contribution in [3.63, 3.8) is 0 Å². The van der Waals surface area contributed by atoms with Gasteiger partial charge in [-0.25, -0.2) is 9.18 Å². The molecule has 0 amide bonds. The van der Waals surface area contributed by atoms with Crippen LogP contribution in [0.2, 0.25) is 0 Å². The van der Waals surface area contributed by atoms with Crippen LogP contribution in [0.25, 0.3) is 0 Å². The number of nitrogens with zero attached hydrogens (tertiary/aromatic N) is 2. The van der Waals surface area contributed by atoms with Gasteiger partial charge in [0.2, 0.25) is 5.78 Å². The smallest absolute Gasteiger partial charge is 0.345 e. The Morgan fingerprint density at radius 3 is 2.69 bits per heavy atom. The minimum absolute atomic E-state index is 0.0612. The van der Waals surface area contributed by atoms with Gasteiger partial charge in [-0.05, 0) is 44.2 Å². The molecule has 2 aliphatic heterocycles. The molecule has 29 heavy (non-hydrogen) atoms. The minimum atomic E-state index is -1.46. The van der Waals surface area contributed by atoms with Crippen LogP contribution in [0.15, 0.2) is 23.9 Å². The van der Waals surface area contributed by atoms with Crippen LogP contribution in [0.4, 0.5) is 15.8 Å². The number of nitrogens with two attached hydrogens (primary N) is 1. The Morgan fingerprint density at radius 1 is 1.41 bits per heavy atom. The topological polar surface area (TPSA) is 107 Å². The van der Waals surface area contributed by atoms with Gasteiger partial charge in [0, 0.05) is 36.3 Å². The third kappa shape index (κ3) is 2.66. The van der Waals surface area contributed by atoms with Crippen LogP contribution in [0.3, 0.4) is 0 Å². The Hall–Kier alpha value is -2.29. The van der Waals surface area contributed by atoms with E-state index in [0.29, 0.717) is 11.5 Å². The molecule has 0 aromatic heterocycles. The van der Waals surface area contributed by atoms with E-state index >= 15 is 0 Å². The van der Waals surface area contributed by atoms with Crippen molar-refractivity contribution in [1.29, 1.82) is 0 Å². The number of anilines is 1. The molecule has 3 N–H and O–H groups in total. The summed E-state index contributed by atoms with van der Waals surface area (Å²) < 4.78 is 12.7. The van der Waals surface area contributed by atoms with Crippen LogP contribution in [-0.4, -0.2) is 47.7 Å². The maximum atomic E-state index is 13.9. The average Bonchev–Trinajstić information content (AvgIpc) is 3.54. The molecule has 0 radical (unpaired) electrons. The fraction of sp³-hybridized carbons (Fsp3) is 0.524. The van der Waals surface area contributed by atoms with Gasteiger partial charge in [-0.2, -0.15) is 0 Å². The minimum Gasteiger partial charge on any atom is -0.622 e. The number of ketones is 1. The Bertz CT molecular complexity index is 973. The molecule has 4 atom stereocenters. The van der Waals surface area contributed by atoms with Crippen LogP contribution in [0, 0.1) is 18.0 Å². The van der Waals surface area contributed by atoms with Crippen LogP contribution in [0.5, 0.6) is 0 Å². The Labute approximate surface area is 167 Å². The number of carboxylic acids is 1. The third-order valence-electron chi connectivity index (χ3n) is 7.14. The molecule has 2 aliphatic carbocycles. The summed E-state index contributed by atoms with van der Waals surface area (Å²) in [7, 11) is 0. The normalized spacial score (nSPS) is 34.6. The summed E-state index contributed by atoms with van der Waals surface area (Å²) in [5.41, 5.74) is 7.41. The van der Waals surface area contributed by atoms with Crippen LogP contribution >= 0.6 is 0 Å². The first-order valence-electron chi connectivity index (χ1n) is 10.1. The second-order valence-corrected chi connectivity index (χ2v) is 8.98. The lowest BCUT2D eigenvalue weighted by Gasteiger charge is -2.43. The van der Waals surface area contributed by atoms with Crippen molar-refractivity contribution in [2.75, 3.05) is 18.0 Å². The quantitative estimate of drug-likeness (QED) is 0.456. The van der Waals surface area contributed by atoms with Crippen molar-refractivity contribution in [2.45, 2.75) is 50.4 Å². The number of rotatable bonds is 4. The number of benzene rings is 1. The number of carboxylic acid groups (broad SMARTS) is 1. The van der Waals surface area contributed by atoms with Crippen molar-refractivity contribution in [2.24, 2.45) is 11.7 Å². The second-order valence-electron chi connectivity index (χ2n) is 8.98. The number of aliphatic carboxylic acids is 1. The molecule has 1 saturated heterocycles. The highest BCUT2D eigenvalue weighted by Gasteiger charge is 2.55. The Kier molecular flexibility index (Phi) is 3.79. The zero-order chi connectivity index (χ0) is 20.7. The monoisotopic (exact) mass is 401 g/mol. The first-order chi connectivity index (χ1) is 13.7. The summed E-state index contributed by atoms with van der Waals surface area (Å²) in [6, 6.07) is 2.40. The highest BCUT2D eigenvalue weighted by atomic mass is 19.1. The molecule has 1 aromatic rings. The fourth-order valence-corrected chi connectivity index (χ4v) is 5.09. The van der Waals surface area contributed by atoms with Crippen LogP contribution in [0.1, 0.15) is 41.6 Å². The van der Waals surface area contributed by atoms with Crippen molar-refractivity contribution < 1.29 is 19.1 Å². The van der Waals surface area contributed by atoms with E-state index in [1.54, 1.807) is 13.0 Å². The van der Waals surface area contributed by atoms with Crippen molar-refractivity contribution >= 4 is 23.1 Å². The van der Waals surface area contributed by atoms with Gasteiger partial charge in [-0.3, -0.25) is 9.44 Å². The maximum absolute atomic E-state index is 13.9. The summed E-state index contributed by atoms with van der Waals surface area (Å²) in [6.45, 7) is 3.36. The van der Waals surface area contributed by atoms with Gasteiger partial charge in [-0.1, -0.05) is 0 Å². The summed E-state index contributed by atoms with van der Waals surface area (Å²) >= 11 is 0. The SMILES string of the molecule is Cc1c(N2CC[C@@H](C3(N)CC3)C2)ccc2c1[N+]([O-])([C@@H]1C[C@H]1F)C=C(C(=O)O)C2=O. The van der Waals surface area contributed by atoms with E-state index in [9.17, 15) is 24.3 Å². The molecule has 1 aromatic carbocycles. The number of quaternary nitrogens is 1. The zero-order valence-corrected chi connectivity index (χ0v) is 16.2. The molecular weight excluding hydrogens is 377 g/mol. The first kappa shape index (κ1) is 18.7. The largest absolute Gasteiger partial charge is 0.622 e. The van der Waals surface area contributed by atoms with Gasteiger partial charge in [0.25, 0.3) is 0 Å². The number of Topliss-reactive ketones (excluding diaryl/α,β-unsaturated/α-hetero) is 1. The maximum Gasteiger partial charge on any atom is 0.345 e. The lowest BCUT2D eigenvalue weighted by Crippen LogP contribution is -2.46. The molecule has 2 heterocycles. The molecule has 2 saturated carbocycles. The molecule has 3 fully saturated rings. The number of carbonyl (C=O) groups excluding carboxylic acids is 1. The van der Waals surface area contributed by atoms with Crippen molar-refractivity contribution in [3.8, 4) is 0 Å². The van der Waals surface area contributed by atoms with Gasteiger partial charge >= 0.3 is 5.97 Å². The zero-order valence-electron chi connectivity index (χ0n) is 16.2. The summed E-state index contributed by atoms with van der Waals surface area (Å²) in [4.78, 5) is 26.4. The van der Waals surface area contributed by atoms with Crippen LogP contribution in [-0.2, 0) is 4.79 Å². The number of hydroxylamine groups is 2. The molecule has 4 aliphatic rings. The molecular formula is C21H24FN3O4. The van der Waals surface area contributed by atoms with Crippen LogP contribution < -0.4 is 15.3 Å². The van der Waals surface area contributed by atoms with Gasteiger partial charge < -0.3 is 20.9 Å². The fourth-order valence-electron chi connectivity index (χ4n) is 5.09. The lowest BCUT2D eigenvalue weighted by molar-refractivity contribution is -0.132. The van der Waals surface area contributed by atoms with E-state index in [0.717, 1.165) is 44.2 Å². The Morgan fingerprint density at radius 2 is 2.10 bits per heavy atom. The van der Waals surface area contributed by atoms with E-state index in [1.807, 2.05) is 0 Å². The van der Waals surface area contributed by atoms with E-state index in [2.05, 4.69) is 4.90 Å². The number of hydrogen-bond donors (Lipinski definition) is 2. The molecule has 154 valence electrons. The van der Waals surface area contributed by atoms with E-state index in [-0.39, 0.29) is 23.2 Å². The molecule has 1 unspecified atom stereocenters. The molecule has 5 rings (SSSR count). The summed E-state index contributed by atoms with van der Waals surface area (Å²) in [5.74, 6) is -1.76. The number of alkyl halides is 1. The predicted octanol–water partition coefficient (Wildman–Crippen LogP) is 2.39. The van der Waals surface area contributed by atoms with Gasteiger partial charge in [0.1, 0.15) is 12.2 Å². The van der Waals surface area contributed by atoms with Gasteiger partial charge in [0.15, 0.2) is 17.4 Å². The summed E-state index contributed by atoms with van der Waals surface area (Å²) in [6.07, 6.45) is 2.69. The second kappa shape index (κ2) is 5.87. The molecule has 0 bridgehead atoms. The highest BCUT2D eigenvalue weighted by Crippen LogP contribution is 2.50. The third-order valence-corrected chi connectivity index (χ3v) is 7.14. The summed E-state index contributed by atoms with van der Waals surface area (Å²) in [5, 5.41) is 23.2. The average molecular weight is 401 g/mol. The predicted molar refractivity (Wildman–Crippen MR) is 106 cm³/mol. The number of carbonyl (C=O) groups is 2. The van der Waals surface area contributed by atoms with Gasteiger partial charge in [-0.15, -0.1) is 0 Å². The van der Waals surface area contributed by atoms with E-state index < -0.39 is 34.2 Å². The number of fused-ring (bicyclic) bond motifs is 1. The van der Waals surface area contributed by atoms with E-state index in [4.69, 9.17) is 5.73 Å².